The van der Waals surface area contributed by atoms with Gasteiger partial charge in [-0.15, -0.1) is 0 Å². The van der Waals surface area contributed by atoms with Gasteiger partial charge >= 0.3 is 0 Å². The van der Waals surface area contributed by atoms with Gasteiger partial charge in [-0.2, -0.15) is 0 Å². The van der Waals surface area contributed by atoms with Gasteiger partial charge < -0.3 is 4.57 Å². The Bertz CT molecular complexity index is 541. The highest BCUT2D eigenvalue weighted by Gasteiger charge is 2.16. The monoisotopic (exact) mass is 228 g/mol. The van der Waals surface area contributed by atoms with Crippen LogP contribution in [0.3, 0.4) is 0 Å². The molecule has 0 aromatic carbocycles. The van der Waals surface area contributed by atoms with E-state index in [1.54, 1.807) is 6.20 Å². The van der Waals surface area contributed by atoms with Gasteiger partial charge in [0, 0.05) is 23.1 Å². The maximum Gasteiger partial charge on any atom is 0.152 e. The van der Waals surface area contributed by atoms with Crippen LogP contribution >= 0.6 is 0 Å². The number of aromatic nitrogens is 2. The minimum Gasteiger partial charge on any atom is -0.302 e. The fourth-order valence-corrected chi connectivity index (χ4v) is 2.35. The van der Waals surface area contributed by atoms with Gasteiger partial charge in [0.25, 0.3) is 0 Å². The first-order chi connectivity index (χ1) is 8.20. The summed E-state index contributed by atoms with van der Waals surface area (Å²) >= 11 is 0. The summed E-state index contributed by atoms with van der Waals surface area (Å²) in [6, 6.07) is 5.79. The van der Waals surface area contributed by atoms with Crippen LogP contribution in [0.25, 0.3) is 5.82 Å². The third-order valence-corrected chi connectivity index (χ3v) is 3.17. The van der Waals surface area contributed by atoms with Gasteiger partial charge in [0.1, 0.15) is 5.82 Å². The van der Waals surface area contributed by atoms with E-state index in [0.29, 0.717) is 0 Å². The molecule has 3 heteroatoms. The molecule has 0 fully saturated rings. The molecule has 88 valence electrons. The third-order valence-electron chi connectivity index (χ3n) is 3.17. The highest BCUT2D eigenvalue weighted by Crippen LogP contribution is 2.24. The predicted molar refractivity (Wildman–Crippen MR) is 67.8 cm³/mol. The number of hydrogen-bond donors (Lipinski definition) is 0. The Hall–Kier alpha value is -1.90. The quantitative estimate of drug-likeness (QED) is 0.757. The van der Waals surface area contributed by atoms with Crippen molar-refractivity contribution >= 4 is 6.29 Å². The molecule has 3 nitrogen and oxygen atoms in total. The molecule has 0 radical (unpaired) electrons. The molecule has 2 aromatic rings. The van der Waals surface area contributed by atoms with E-state index in [0.717, 1.165) is 41.0 Å². The van der Waals surface area contributed by atoms with Gasteiger partial charge in [-0.1, -0.05) is 13.0 Å². The lowest BCUT2D eigenvalue weighted by molar-refractivity contribution is 0.112. The zero-order valence-electron chi connectivity index (χ0n) is 10.4. The van der Waals surface area contributed by atoms with Crippen LogP contribution in [0.15, 0.2) is 24.4 Å². The maximum absolute atomic E-state index is 11.2. The molecule has 0 aliphatic rings. The highest BCUT2D eigenvalue weighted by atomic mass is 16.1. The summed E-state index contributed by atoms with van der Waals surface area (Å²) in [7, 11) is 0. The molecule has 0 saturated heterocycles. The second kappa shape index (κ2) is 4.53. The molecule has 0 atom stereocenters. The lowest BCUT2D eigenvalue weighted by atomic mass is 10.1. The largest absolute Gasteiger partial charge is 0.302 e. The summed E-state index contributed by atoms with van der Waals surface area (Å²) < 4.78 is 2.04. The minimum absolute atomic E-state index is 0.802. The van der Waals surface area contributed by atoms with Crippen molar-refractivity contribution in [3.05, 3.63) is 46.9 Å². The number of aldehydes is 1. The van der Waals surface area contributed by atoms with Crippen LogP contribution < -0.4 is 0 Å². The lowest BCUT2D eigenvalue weighted by Gasteiger charge is -2.07. The van der Waals surface area contributed by atoms with Crippen LogP contribution in [-0.2, 0) is 6.42 Å². The van der Waals surface area contributed by atoms with Gasteiger partial charge in [0.15, 0.2) is 6.29 Å². The Morgan fingerprint density at radius 1 is 1.29 bits per heavy atom. The van der Waals surface area contributed by atoms with E-state index in [4.69, 9.17) is 0 Å². The Morgan fingerprint density at radius 2 is 2.06 bits per heavy atom. The lowest BCUT2D eigenvalue weighted by Crippen LogP contribution is -2.01. The Morgan fingerprint density at radius 3 is 2.53 bits per heavy atom. The predicted octanol–water partition coefficient (Wildman–Crippen LogP) is 2.86. The normalized spacial score (nSPS) is 10.5. The number of nitrogens with zero attached hydrogens (tertiary/aromatic N) is 2. The first kappa shape index (κ1) is 11.6. The summed E-state index contributed by atoms with van der Waals surface area (Å²) in [6.45, 7) is 6.07. The standard InChI is InChI=1S/C14H16N2O/c1-4-12-10(2)16(11(3)13(12)9-17)14-7-5-6-8-15-14/h5-9H,4H2,1-3H3. The summed E-state index contributed by atoms with van der Waals surface area (Å²) in [4.78, 5) is 15.5. The zero-order chi connectivity index (χ0) is 12.4. The number of pyridine rings is 1. The molecule has 0 N–H and O–H groups in total. The molecule has 0 bridgehead atoms. The fraction of sp³-hybridized carbons (Fsp3) is 0.286. The number of carbonyl (C=O) groups excluding carboxylic acids is 1. The van der Waals surface area contributed by atoms with E-state index in [9.17, 15) is 4.79 Å². The molecular formula is C14H16N2O. The van der Waals surface area contributed by atoms with Crippen molar-refractivity contribution in [2.45, 2.75) is 27.2 Å². The first-order valence-electron chi connectivity index (χ1n) is 5.78. The molecule has 0 aliphatic carbocycles. The Balaban J connectivity index is 2.71. The van der Waals surface area contributed by atoms with Crippen molar-refractivity contribution in [2.75, 3.05) is 0 Å². The van der Waals surface area contributed by atoms with E-state index < -0.39 is 0 Å². The Labute approximate surface area is 101 Å². The molecule has 0 saturated carbocycles. The minimum atomic E-state index is 0.802. The fourth-order valence-electron chi connectivity index (χ4n) is 2.35. The van der Waals surface area contributed by atoms with Crippen LogP contribution in [-0.4, -0.2) is 15.8 Å². The topological polar surface area (TPSA) is 34.9 Å². The molecule has 2 aromatic heterocycles. The second-order valence-electron chi connectivity index (χ2n) is 4.06. The molecule has 17 heavy (non-hydrogen) atoms. The van der Waals surface area contributed by atoms with Crippen LogP contribution in [0.1, 0.15) is 34.2 Å². The van der Waals surface area contributed by atoms with Crippen LogP contribution in [0.2, 0.25) is 0 Å². The summed E-state index contributed by atoms with van der Waals surface area (Å²) in [5.74, 6) is 0.866. The molecule has 0 spiro atoms. The molecule has 0 unspecified atom stereocenters. The first-order valence-corrected chi connectivity index (χ1v) is 5.78. The van der Waals surface area contributed by atoms with E-state index >= 15 is 0 Å². The molecule has 0 aliphatic heterocycles. The maximum atomic E-state index is 11.2. The van der Waals surface area contributed by atoms with Crippen molar-refractivity contribution in [3.8, 4) is 5.82 Å². The van der Waals surface area contributed by atoms with Crippen LogP contribution in [0, 0.1) is 13.8 Å². The summed E-state index contributed by atoms with van der Waals surface area (Å²) in [6.07, 6.45) is 3.57. The second-order valence-corrected chi connectivity index (χ2v) is 4.06. The van der Waals surface area contributed by atoms with E-state index in [2.05, 4.69) is 11.9 Å². The molecular weight excluding hydrogens is 212 g/mol. The SMILES string of the molecule is CCc1c(C=O)c(C)n(-c2ccccn2)c1C. The van der Waals surface area contributed by atoms with Crippen LogP contribution in [0.5, 0.6) is 0 Å². The van der Waals surface area contributed by atoms with Gasteiger partial charge in [0.05, 0.1) is 0 Å². The molecule has 2 rings (SSSR count). The van der Waals surface area contributed by atoms with Crippen molar-refractivity contribution in [1.82, 2.24) is 9.55 Å². The van der Waals surface area contributed by atoms with Crippen LogP contribution in [0.4, 0.5) is 0 Å². The molecule has 2 heterocycles. The van der Waals surface area contributed by atoms with E-state index in [1.165, 1.54) is 0 Å². The average Bonchev–Trinajstić information content (AvgIpc) is 2.60. The number of hydrogen-bond acceptors (Lipinski definition) is 2. The average molecular weight is 228 g/mol. The zero-order valence-corrected chi connectivity index (χ0v) is 10.4. The van der Waals surface area contributed by atoms with Crippen molar-refractivity contribution in [3.63, 3.8) is 0 Å². The van der Waals surface area contributed by atoms with E-state index in [-0.39, 0.29) is 0 Å². The number of rotatable bonds is 3. The van der Waals surface area contributed by atoms with Crippen molar-refractivity contribution < 1.29 is 4.79 Å². The Kier molecular flexibility index (Phi) is 3.09. The summed E-state index contributed by atoms with van der Waals surface area (Å²) in [5, 5.41) is 0. The van der Waals surface area contributed by atoms with Gasteiger partial charge in [-0.25, -0.2) is 4.98 Å². The molecule has 0 amide bonds. The van der Waals surface area contributed by atoms with Crippen molar-refractivity contribution in [1.29, 1.82) is 0 Å². The van der Waals surface area contributed by atoms with Gasteiger partial charge in [0.2, 0.25) is 0 Å². The van der Waals surface area contributed by atoms with Gasteiger partial charge in [-0.05, 0) is 38.0 Å². The smallest absolute Gasteiger partial charge is 0.152 e. The van der Waals surface area contributed by atoms with Crippen molar-refractivity contribution in [2.24, 2.45) is 0 Å². The highest BCUT2D eigenvalue weighted by molar-refractivity contribution is 5.80. The summed E-state index contributed by atoms with van der Waals surface area (Å²) in [5.41, 5.74) is 3.98. The van der Waals surface area contributed by atoms with E-state index in [1.807, 2.05) is 36.6 Å². The van der Waals surface area contributed by atoms with Gasteiger partial charge in [-0.3, -0.25) is 4.79 Å². The number of carbonyl (C=O) groups is 1. The third kappa shape index (κ3) is 1.78.